The van der Waals surface area contributed by atoms with Crippen molar-refractivity contribution in [3.8, 4) is 0 Å². The second kappa shape index (κ2) is 5.45. The van der Waals surface area contributed by atoms with Gasteiger partial charge in [0.2, 0.25) is 0 Å². The largest absolute Gasteiger partial charge is 0.297 e. The minimum Gasteiger partial charge on any atom is -0.0910 e. The summed E-state index contributed by atoms with van der Waals surface area (Å²) < 4.78 is -3.42. The maximum Gasteiger partial charge on any atom is 0.297 e. The number of hydrogen-bond donors (Lipinski definition) is 0. The molecule has 0 aliphatic heterocycles. The van der Waals surface area contributed by atoms with E-state index in [1.807, 2.05) is 0 Å². The molecule has 0 atom stereocenters. The van der Waals surface area contributed by atoms with Gasteiger partial charge in [-0.1, -0.05) is 116 Å². The minimum atomic E-state index is -1.71. The molecule has 78 valence electrons. The van der Waals surface area contributed by atoms with Gasteiger partial charge in [-0.25, -0.2) is 0 Å². The summed E-state index contributed by atoms with van der Waals surface area (Å²) >= 11 is 21.7. The average Bonchev–Trinajstić information content (AvgIpc) is 2.01. The molecule has 1 aromatic carbocycles. The van der Waals surface area contributed by atoms with E-state index in [0.29, 0.717) is 0 Å². The van der Waals surface area contributed by atoms with Crippen LogP contribution < -0.4 is 10.4 Å². The lowest BCUT2D eigenvalue weighted by molar-refractivity contribution is 1.84. The average molecular weight is 612 g/mol. The van der Waals surface area contributed by atoms with Gasteiger partial charge in [0.25, 0.3) is 7.86 Å². The van der Waals surface area contributed by atoms with E-state index in [0.717, 1.165) is 0 Å². The number of halogens is 6. The van der Waals surface area contributed by atoms with Gasteiger partial charge in [-0.2, -0.15) is 0 Å². The molecule has 14 heavy (non-hydrogen) atoms. The Kier molecular flexibility index (Phi) is 5.68. The molecule has 0 unspecified atom stereocenters. The van der Waals surface area contributed by atoms with Crippen LogP contribution in [0.25, 0.3) is 0 Å². The third kappa shape index (κ3) is 4.42. The fourth-order valence-electron chi connectivity index (χ4n) is 0.848. The van der Waals surface area contributed by atoms with Gasteiger partial charge >= 0.3 is 0 Å². The van der Waals surface area contributed by atoms with E-state index >= 15 is 0 Å². The van der Waals surface area contributed by atoms with E-state index in [-0.39, 0.29) is 0 Å². The lowest BCUT2D eigenvalue weighted by Crippen LogP contribution is -2.33. The molecule has 0 spiro atoms. The van der Waals surface area contributed by atoms with Gasteiger partial charge in [-0.05, 0) is 10.4 Å². The molecule has 0 N–H and O–H groups in total. The van der Waals surface area contributed by atoms with Crippen LogP contribution in [0.1, 0.15) is 0 Å². The second-order valence-electron chi connectivity index (χ2n) is 2.57. The smallest absolute Gasteiger partial charge is 0.0910 e. The Bertz CT molecular complexity index is 278. The van der Waals surface area contributed by atoms with E-state index in [1.54, 1.807) is 0 Å². The second-order valence-corrected chi connectivity index (χ2v) is 46.3. The summed E-state index contributed by atoms with van der Waals surface area (Å²) in [5.74, 6) is 0. The van der Waals surface area contributed by atoms with Crippen molar-refractivity contribution in [3.63, 3.8) is 0 Å². The Labute approximate surface area is 132 Å². The Morgan fingerprint density at radius 1 is 0.571 bits per heavy atom. The molecule has 0 heterocycles. The Hall–Kier alpha value is 2.53. The zero-order valence-corrected chi connectivity index (χ0v) is 18.1. The first-order valence-electron chi connectivity index (χ1n) is 3.46. The quantitative estimate of drug-likeness (QED) is 0.345. The first-order valence-corrected chi connectivity index (χ1v) is 21.0. The molecule has 0 aromatic heterocycles. The van der Waals surface area contributed by atoms with Crippen molar-refractivity contribution in [2.75, 3.05) is 0 Å². The lowest BCUT2D eigenvalue weighted by Gasteiger charge is -2.13. The molecule has 1 rings (SSSR count). The topological polar surface area (TPSA) is 0 Å². The highest BCUT2D eigenvalue weighted by Gasteiger charge is 2.28. The molecule has 0 aliphatic carbocycles. The van der Waals surface area contributed by atoms with Crippen molar-refractivity contribution in [2.45, 2.75) is 0 Å². The molecule has 0 aliphatic rings. The monoisotopic (exact) mass is 605 g/mol. The van der Waals surface area contributed by atoms with Crippen molar-refractivity contribution < 1.29 is 0 Å². The van der Waals surface area contributed by atoms with E-state index < -0.39 is 7.86 Å². The van der Waals surface area contributed by atoms with Crippen molar-refractivity contribution in [1.82, 2.24) is 0 Å². The summed E-state index contributed by atoms with van der Waals surface area (Å²) in [4.78, 5) is 0. The van der Waals surface area contributed by atoms with Crippen LogP contribution in [-0.2, 0) is 0 Å². The third-order valence-electron chi connectivity index (χ3n) is 1.54. The third-order valence-corrected chi connectivity index (χ3v) is 11.8. The van der Waals surface area contributed by atoms with E-state index in [4.69, 9.17) is 0 Å². The fourth-order valence-corrected chi connectivity index (χ4v) is 6.70. The molecular weight excluding hydrogens is 608 g/mol. The fraction of sp³-hybridized carbons (Fsp3) is 0. The summed E-state index contributed by atoms with van der Waals surface area (Å²) in [5, 5.41) is 2.51. The molecule has 0 fully saturated rings. The molecule has 8 heteroatoms. The molecule has 0 nitrogen and oxygen atoms in total. The van der Waals surface area contributed by atoms with Gasteiger partial charge < -0.3 is 0 Å². The maximum absolute atomic E-state index is 3.61. The Morgan fingerprint density at radius 3 is 0.929 bits per heavy atom. The van der Waals surface area contributed by atoms with E-state index in [1.165, 1.54) is 10.4 Å². The zero-order chi connectivity index (χ0) is 11.0. The molecule has 0 radical (unpaired) electrons. The Balaban J connectivity index is 3.02. The van der Waals surface area contributed by atoms with E-state index in [9.17, 15) is 0 Å². The summed E-state index contributed by atoms with van der Waals surface area (Å²) in [5.41, 5.74) is 0. The number of benzene rings is 1. The lowest BCUT2D eigenvalue weighted by atomic mass is 10.4. The van der Waals surface area contributed by atoms with Crippen LogP contribution in [0.4, 0.5) is 0 Å². The molecule has 0 saturated heterocycles. The van der Waals surface area contributed by atoms with Crippen LogP contribution in [-0.4, -0.2) is 7.86 Å². The van der Waals surface area contributed by atoms with Gasteiger partial charge in [0, 0.05) is 0 Å². The maximum atomic E-state index is 3.61. The van der Waals surface area contributed by atoms with Crippen LogP contribution in [0.15, 0.2) is 24.3 Å². The van der Waals surface area contributed by atoms with Gasteiger partial charge in [-0.15, -0.1) is 0 Å². The van der Waals surface area contributed by atoms with Gasteiger partial charge in [0.15, 0.2) is 0 Å². The molecule has 1 aromatic rings. The Morgan fingerprint density at radius 2 is 0.786 bits per heavy atom. The van der Waals surface area contributed by atoms with Gasteiger partial charge in [-0.3, -0.25) is 0 Å². The van der Waals surface area contributed by atoms with Crippen molar-refractivity contribution in [1.29, 1.82) is 0 Å². The number of hydrogen-bond acceptors (Lipinski definition) is 0. The standard InChI is InChI=1S/C6H4Br6Si2/c7-13(8,9)5-1-2-6(4-3-5)14(10,11)12/h1-4H. The summed E-state index contributed by atoms with van der Waals surface area (Å²) in [6.07, 6.45) is 0. The predicted octanol–water partition coefficient (Wildman–Crippen LogP) is 4.35. The predicted molar refractivity (Wildman–Crippen MR) is 90.8 cm³/mol. The SMILES string of the molecule is Br[Si](Br)(Br)c1ccc([Si](Br)(Br)Br)cc1. The summed E-state index contributed by atoms with van der Waals surface area (Å²) in [6.45, 7) is 0. The van der Waals surface area contributed by atoms with Crippen molar-refractivity contribution in [2.24, 2.45) is 0 Å². The van der Waals surface area contributed by atoms with Crippen LogP contribution >= 0.6 is 91.8 Å². The highest BCUT2D eigenvalue weighted by atomic mass is 80.0. The number of rotatable bonds is 2. The van der Waals surface area contributed by atoms with Crippen LogP contribution in [0, 0.1) is 0 Å². The first kappa shape index (κ1) is 14.6. The van der Waals surface area contributed by atoms with Crippen molar-refractivity contribution >= 4 is 110 Å². The minimum absolute atomic E-state index is 1.26. The molecule has 0 bridgehead atoms. The summed E-state index contributed by atoms with van der Waals surface area (Å²) in [6, 6.07) is 8.47. The highest BCUT2D eigenvalue weighted by molar-refractivity contribution is 9.73. The van der Waals surface area contributed by atoms with Gasteiger partial charge in [0.1, 0.15) is 0 Å². The summed E-state index contributed by atoms with van der Waals surface area (Å²) in [7, 11) is 0. The van der Waals surface area contributed by atoms with Crippen LogP contribution in [0.2, 0.25) is 0 Å². The molecule has 0 saturated carbocycles. The van der Waals surface area contributed by atoms with E-state index in [2.05, 4.69) is 116 Å². The zero-order valence-electron chi connectivity index (χ0n) is 6.58. The van der Waals surface area contributed by atoms with Gasteiger partial charge in [0.05, 0.1) is 0 Å². The molecular formula is C6H4Br6Si2. The van der Waals surface area contributed by atoms with Crippen molar-refractivity contribution in [3.05, 3.63) is 24.3 Å². The van der Waals surface area contributed by atoms with Crippen LogP contribution in [0.5, 0.6) is 0 Å². The van der Waals surface area contributed by atoms with Crippen LogP contribution in [0.3, 0.4) is 0 Å². The normalized spacial score (nSPS) is 13.0. The molecule has 0 amide bonds. The highest BCUT2D eigenvalue weighted by Crippen LogP contribution is 2.28. The first-order chi connectivity index (χ1) is 6.21.